The Bertz CT molecular complexity index is 810. The standard InChI is InChI=1S/C18H19N3O3S/c1-2-24-18(23)20-12-7-8-16-14(11-12)21(17(22)9-10-19)13-5-3-4-6-15(13)25-16/h3-8,11H,2,9-10,19H2,1H3,(H,20,23). The van der Waals surface area contributed by atoms with Crippen molar-refractivity contribution < 1.29 is 14.3 Å². The van der Waals surface area contributed by atoms with Crippen molar-refractivity contribution in [2.75, 3.05) is 23.4 Å². The summed E-state index contributed by atoms with van der Waals surface area (Å²) in [5, 5.41) is 2.68. The molecule has 2 aromatic carbocycles. The molecule has 1 aliphatic heterocycles. The molecule has 6 nitrogen and oxygen atoms in total. The quantitative estimate of drug-likeness (QED) is 0.871. The van der Waals surface area contributed by atoms with E-state index in [2.05, 4.69) is 5.32 Å². The van der Waals surface area contributed by atoms with Gasteiger partial charge in [0.25, 0.3) is 0 Å². The molecule has 0 unspecified atom stereocenters. The molecule has 0 spiro atoms. The summed E-state index contributed by atoms with van der Waals surface area (Å²) in [5.74, 6) is -0.0789. The third-order valence-corrected chi connectivity index (χ3v) is 4.79. The van der Waals surface area contributed by atoms with Gasteiger partial charge in [-0.2, -0.15) is 0 Å². The summed E-state index contributed by atoms with van der Waals surface area (Å²) in [5.41, 5.74) is 7.71. The van der Waals surface area contributed by atoms with Crippen LogP contribution in [-0.2, 0) is 9.53 Å². The van der Waals surface area contributed by atoms with Gasteiger partial charge in [0, 0.05) is 28.4 Å². The van der Waals surface area contributed by atoms with Crippen LogP contribution in [0.15, 0.2) is 52.3 Å². The number of carbonyl (C=O) groups is 2. The van der Waals surface area contributed by atoms with Crippen LogP contribution < -0.4 is 16.0 Å². The molecule has 0 aromatic heterocycles. The number of nitrogens with zero attached hydrogens (tertiary/aromatic N) is 1. The van der Waals surface area contributed by atoms with Crippen molar-refractivity contribution in [1.29, 1.82) is 0 Å². The van der Waals surface area contributed by atoms with Crippen molar-refractivity contribution >= 4 is 40.8 Å². The first kappa shape index (κ1) is 17.3. The Kier molecular flexibility index (Phi) is 5.25. The Morgan fingerprint density at radius 1 is 1.16 bits per heavy atom. The van der Waals surface area contributed by atoms with Crippen molar-refractivity contribution in [3.05, 3.63) is 42.5 Å². The van der Waals surface area contributed by atoms with Gasteiger partial charge in [-0.25, -0.2) is 4.79 Å². The third kappa shape index (κ3) is 3.62. The van der Waals surface area contributed by atoms with Gasteiger partial charge in [0.2, 0.25) is 5.91 Å². The number of hydrogen-bond donors (Lipinski definition) is 2. The first-order valence-electron chi connectivity index (χ1n) is 8.01. The lowest BCUT2D eigenvalue weighted by atomic mass is 10.2. The van der Waals surface area contributed by atoms with Crippen LogP contribution in [0, 0.1) is 0 Å². The summed E-state index contributed by atoms with van der Waals surface area (Å²) in [4.78, 5) is 28.0. The lowest BCUT2D eigenvalue weighted by molar-refractivity contribution is -0.117. The predicted molar refractivity (Wildman–Crippen MR) is 98.5 cm³/mol. The minimum atomic E-state index is -0.522. The summed E-state index contributed by atoms with van der Waals surface area (Å²) >= 11 is 1.59. The third-order valence-electron chi connectivity index (χ3n) is 3.66. The molecule has 0 saturated carbocycles. The van der Waals surface area contributed by atoms with Gasteiger partial charge in [-0.1, -0.05) is 23.9 Å². The molecule has 1 aliphatic rings. The van der Waals surface area contributed by atoms with Gasteiger partial charge < -0.3 is 10.5 Å². The molecular weight excluding hydrogens is 338 g/mol. The number of nitrogens with one attached hydrogen (secondary N) is 1. The minimum Gasteiger partial charge on any atom is -0.450 e. The van der Waals surface area contributed by atoms with E-state index in [9.17, 15) is 9.59 Å². The Labute approximate surface area is 150 Å². The van der Waals surface area contributed by atoms with Gasteiger partial charge in [-0.15, -0.1) is 0 Å². The molecule has 0 radical (unpaired) electrons. The van der Waals surface area contributed by atoms with E-state index in [4.69, 9.17) is 10.5 Å². The van der Waals surface area contributed by atoms with Gasteiger partial charge in [0.1, 0.15) is 0 Å². The molecule has 2 aromatic rings. The van der Waals surface area contributed by atoms with Gasteiger partial charge >= 0.3 is 6.09 Å². The fourth-order valence-electron chi connectivity index (χ4n) is 2.62. The molecule has 0 aliphatic carbocycles. The zero-order valence-corrected chi connectivity index (χ0v) is 14.6. The molecule has 0 atom stereocenters. The van der Waals surface area contributed by atoms with Crippen molar-refractivity contribution in [1.82, 2.24) is 0 Å². The first-order chi connectivity index (χ1) is 12.1. The Morgan fingerprint density at radius 2 is 1.92 bits per heavy atom. The highest BCUT2D eigenvalue weighted by Gasteiger charge is 2.28. The van der Waals surface area contributed by atoms with E-state index in [-0.39, 0.29) is 18.9 Å². The van der Waals surface area contributed by atoms with Crippen LogP contribution in [0.2, 0.25) is 0 Å². The van der Waals surface area contributed by atoms with Crippen LogP contribution in [0.3, 0.4) is 0 Å². The van der Waals surface area contributed by atoms with E-state index < -0.39 is 6.09 Å². The van der Waals surface area contributed by atoms with E-state index in [1.807, 2.05) is 30.3 Å². The van der Waals surface area contributed by atoms with Gasteiger partial charge in [0.05, 0.1) is 18.0 Å². The van der Waals surface area contributed by atoms with Gasteiger partial charge in [-0.3, -0.25) is 15.0 Å². The van der Waals surface area contributed by atoms with Gasteiger partial charge in [0.15, 0.2) is 0 Å². The fraction of sp³-hybridized carbons (Fsp3) is 0.222. The van der Waals surface area contributed by atoms with E-state index in [0.29, 0.717) is 12.3 Å². The predicted octanol–water partition coefficient (Wildman–Crippen LogP) is 3.73. The van der Waals surface area contributed by atoms with Crippen molar-refractivity contribution in [2.45, 2.75) is 23.1 Å². The van der Waals surface area contributed by atoms with E-state index in [1.165, 1.54) is 0 Å². The average molecular weight is 357 g/mol. The fourth-order valence-corrected chi connectivity index (χ4v) is 3.66. The maximum atomic E-state index is 12.7. The zero-order chi connectivity index (χ0) is 17.8. The number of carbonyl (C=O) groups excluding carboxylic acids is 2. The molecule has 25 heavy (non-hydrogen) atoms. The van der Waals surface area contributed by atoms with Crippen LogP contribution >= 0.6 is 11.8 Å². The molecule has 3 N–H and O–H groups in total. The summed E-state index contributed by atoms with van der Waals surface area (Å²) < 4.78 is 4.91. The van der Waals surface area contributed by atoms with Crippen LogP contribution in [-0.4, -0.2) is 25.2 Å². The molecule has 7 heteroatoms. The largest absolute Gasteiger partial charge is 0.450 e. The minimum absolute atomic E-state index is 0.0789. The number of fused-ring (bicyclic) bond motifs is 2. The number of hydrogen-bond acceptors (Lipinski definition) is 5. The molecule has 130 valence electrons. The second-order valence-corrected chi connectivity index (χ2v) is 6.45. The van der Waals surface area contributed by atoms with Crippen LogP contribution in [0.5, 0.6) is 0 Å². The number of ether oxygens (including phenoxy) is 1. The highest BCUT2D eigenvalue weighted by molar-refractivity contribution is 7.99. The second kappa shape index (κ2) is 7.58. The maximum absolute atomic E-state index is 12.7. The molecule has 0 fully saturated rings. The summed E-state index contributed by atoms with van der Waals surface area (Å²) in [6.07, 6.45) is -0.278. The van der Waals surface area contributed by atoms with Crippen LogP contribution in [0.25, 0.3) is 0 Å². The number of nitrogens with two attached hydrogens (primary N) is 1. The molecule has 3 rings (SSSR count). The maximum Gasteiger partial charge on any atom is 0.411 e. The van der Waals surface area contributed by atoms with Crippen molar-refractivity contribution in [3.63, 3.8) is 0 Å². The van der Waals surface area contributed by atoms with Crippen LogP contribution in [0.1, 0.15) is 13.3 Å². The number of benzene rings is 2. The average Bonchev–Trinajstić information content (AvgIpc) is 2.60. The Balaban J connectivity index is 2.00. The Morgan fingerprint density at radius 3 is 2.68 bits per heavy atom. The van der Waals surface area contributed by atoms with Crippen molar-refractivity contribution in [2.24, 2.45) is 5.73 Å². The molecule has 1 heterocycles. The smallest absolute Gasteiger partial charge is 0.411 e. The topological polar surface area (TPSA) is 84.7 Å². The lowest BCUT2D eigenvalue weighted by Gasteiger charge is -2.31. The molecule has 2 amide bonds. The highest BCUT2D eigenvalue weighted by Crippen LogP contribution is 2.49. The summed E-state index contributed by atoms with van der Waals surface area (Å²) in [7, 11) is 0. The van der Waals surface area contributed by atoms with E-state index >= 15 is 0 Å². The number of amides is 2. The lowest BCUT2D eigenvalue weighted by Crippen LogP contribution is -2.30. The zero-order valence-electron chi connectivity index (χ0n) is 13.8. The molecular formula is C18H19N3O3S. The van der Waals surface area contributed by atoms with E-state index in [0.717, 1.165) is 21.2 Å². The number of anilines is 3. The van der Waals surface area contributed by atoms with E-state index in [1.54, 1.807) is 35.7 Å². The molecule has 0 bridgehead atoms. The number of rotatable bonds is 4. The summed E-state index contributed by atoms with van der Waals surface area (Å²) in [6.45, 7) is 2.31. The molecule has 0 saturated heterocycles. The Hall–Kier alpha value is -2.51. The normalized spacial score (nSPS) is 12.2. The van der Waals surface area contributed by atoms with Gasteiger partial charge in [-0.05, 0) is 37.3 Å². The van der Waals surface area contributed by atoms with Crippen molar-refractivity contribution in [3.8, 4) is 0 Å². The second-order valence-electron chi connectivity index (χ2n) is 5.37. The summed E-state index contributed by atoms with van der Waals surface area (Å²) in [6, 6.07) is 13.2. The highest BCUT2D eigenvalue weighted by atomic mass is 32.2. The van der Waals surface area contributed by atoms with Crippen LogP contribution in [0.4, 0.5) is 21.9 Å². The SMILES string of the molecule is CCOC(=O)Nc1ccc2c(c1)N(C(=O)CCN)c1ccccc1S2. The number of para-hydroxylation sites is 1. The first-order valence-corrected chi connectivity index (χ1v) is 8.83. The monoisotopic (exact) mass is 357 g/mol.